The molecule has 0 saturated heterocycles. The number of fused-ring (bicyclic) bond motifs is 5. The molecule has 1 aromatic rings. The van der Waals surface area contributed by atoms with Gasteiger partial charge in [0.05, 0.1) is 6.10 Å². The summed E-state index contributed by atoms with van der Waals surface area (Å²) in [5.74, 6) is 9.01. The van der Waals surface area contributed by atoms with E-state index in [0.717, 1.165) is 44.1 Å². The first-order valence-corrected chi connectivity index (χ1v) is 11.4. The lowest BCUT2D eigenvalue weighted by molar-refractivity contribution is -0.161. The molecule has 0 amide bonds. The lowest BCUT2D eigenvalue weighted by atomic mass is 9.44. The molecule has 1 N–H and O–H groups in total. The molecule has 0 radical (unpaired) electrons. The van der Waals surface area contributed by atoms with Gasteiger partial charge in [0, 0.05) is 29.4 Å². The molecule has 29 heavy (non-hydrogen) atoms. The number of carbonyl (C=O) groups is 1. The molecule has 3 fully saturated rings. The van der Waals surface area contributed by atoms with E-state index in [9.17, 15) is 9.90 Å². The highest BCUT2D eigenvalue weighted by Gasteiger charge is 2.61. The van der Waals surface area contributed by atoms with E-state index in [-0.39, 0.29) is 16.9 Å². The van der Waals surface area contributed by atoms with E-state index in [4.69, 9.17) is 0 Å². The summed E-state index contributed by atoms with van der Waals surface area (Å²) < 4.78 is 0. The summed E-state index contributed by atoms with van der Waals surface area (Å²) in [6, 6.07) is 10.2. The lowest BCUT2D eigenvalue weighted by Crippen LogP contribution is -2.58. The van der Waals surface area contributed by atoms with E-state index in [2.05, 4.69) is 43.9 Å². The first-order valence-electron chi connectivity index (χ1n) is 11.4. The third-order valence-corrected chi connectivity index (χ3v) is 9.20. The fraction of sp³-hybridized carbons (Fsp3) is 0.593. The van der Waals surface area contributed by atoms with E-state index < -0.39 is 0 Å². The maximum atomic E-state index is 12.1. The number of benzene rings is 1. The minimum Gasteiger partial charge on any atom is -0.393 e. The average molecular weight is 389 g/mol. The van der Waals surface area contributed by atoms with Crippen molar-refractivity contribution in [2.75, 3.05) is 0 Å². The van der Waals surface area contributed by atoms with Gasteiger partial charge in [0.15, 0.2) is 0 Å². The van der Waals surface area contributed by atoms with Gasteiger partial charge in [-0.3, -0.25) is 4.79 Å². The Hall–Kier alpha value is -1.85. The van der Waals surface area contributed by atoms with Crippen LogP contribution in [0, 0.1) is 46.3 Å². The molecular weight excluding hydrogens is 356 g/mol. The highest BCUT2D eigenvalue weighted by atomic mass is 16.3. The van der Waals surface area contributed by atoms with Gasteiger partial charge < -0.3 is 5.11 Å². The van der Waals surface area contributed by atoms with Crippen molar-refractivity contribution in [2.45, 2.75) is 64.9 Å². The van der Waals surface area contributed by atoms with Crippen LogP contribution < -0.4 is 0 Å². The molecule has 7 atom stereocenters. The molecule has 7 unspecified atom stereocenters. The van der Waals surface area contributed by atoms with Crippen LogP contribution in [0.15, 0.2) is 42.0 Å². The van der Waals surface area contributed by atoms with E-state index in [1.807, 2.05) is 18.2 Å². The summed E-state index contributed by atoms with van der Waals surface area (Å²) >= 11 is 0. The zero-order chi connectivity index (χ0) is 20.2. The van der Waals surface area contributed by atoms with Gasteiger partial charge in [-0.05, 0) is 73.3 Å². The van der Waals surface area contributed by atoms with E-state index in [1.165, 1.54) is 5.57 Å². The largest absolute Gasteiger partial charge is 0.393 e. The summed E-state index contributed by atoms with van der Waals surface area (Å²) in [6.45, 7) is 4.81. The van der Waals surface area contributed by atoms with Crippen LogP contribution in [0.2, 0.25) is 0 Å². The number of ketones is 1. The minimum absolute atomic E-state index is 0.0810. The van der Waals surface area contributed by atoms with E-state index >= 15 is 0 Å². The van der Waals surface area contributed by atoms with Crippen LogP contribution in [-0.2, 0) is 4.79 Å². The Balaban J connectivity index is 1.43. The third kappa shape index (κ3) is 2.93. The average Bonchev–Trinajstić information content (AvgIpc) is 3.05. The fourth-order valence-electron chi connectivity index (χ4n) is 7.44. The van der Waals surface area contributed by atoms with Crippen molar-refractivity contribution in [3.05, 3.63) is 47.5 Å². The zero-order valence-electron chi connectivity index (χ0n) is 17.7. The molecule has 152 valence electrons. The minimum atomic E-state index is -0.275. The van der Waals surface area contributed by atoms with E-state index in [0.29, 0.717) is 35.9 Å². The topological polar surface area (TPSA) is 37.3 Å². The van der Waals surface area contributed by atoms with Gasteiger partial charge in [-0.25, -0.2) is 0 Å². The number of Topliss-reactive ketones (excluding diaryl/α,β-unsaturated/α-hetero) is 1. The predicted molar refractivity (Wildman–Crippen MR) is 115 cm³/mol. The number of aliphatic hydroxyl groups is 1. The molecule has 3 saturated carbocycles. The normalized spacial score (nSPS) is 43.3. The maximum absolute atomic E-state index is 12.1. The number of hydrogen-bond acceptors (Lipinski definition) is 2. The SMILES string of the molecule is CC12CCC3C(C(O)CC4CC(=O)CCC43C)C1CC=C2C#Cc1ccccc1. The van der Waals surface area contributed by atoms with Gasteiger partial charge in [-0.2, -0.15) is 0 Å². The van der Waals surface area contributed by atoms with Gasteiger partial charge in [0.2, 0.25) is 0 Å². The Morgan fingerprint density at radius 1 is 1.07 bits per heavy atom. The smallest absolute Gasteiger partial charge is 0.133 e. The van der Waals surface area contributed by atoms with E-state index in [1.54, 1.807) is 0 Å². The quantitative estimate of drug-likeness (QED) is 0.624. The zero-order valence-corrected chi connectivity index (χ0v) is 17.7. The molecule has 4 aliphatic rings. The van der Waals surface area contributed by atoms with Crippen LogP contribution in [0.4, 0.5) is 0 Å². The van der Waals surface area contributed by atoms with Crippen LogP contribution in [-0.4, -0.2) is 17.0 Å². The van der Waals surface area contributed by atoms with Gasteiger partial charge >= 0.3 is 0 Å². The third-order valence-electron chi connectivity index (χ3n) is 9.20. The molecule has 0 aromatic heterocycles. The van der Waals surface area contributed by atoms with Crippen molar-refractivity contribution >= 4 is 5.78 Å². The molecule has 0 spiro atoms. The first-order chi connectivity index (χ1) is 13.9. The molecule has 2 nitrogen and oxygen atoms in total. The Morgan fingerprint density at radius 3 is 2.66 bits per heavy atom. The molecular formula is C27H32O2. The summed E-state index contributed by atoms with van der Waals surface area (Å²) in [5.41, 5.74) is 2.65. The molecule has 4 aliphatic carbocycles. The highest BCUT2D eigenvalue weighted by molar-refractivity contribution is 5.79. The standard InChI is InChI=1S/C27H32O2/c1-26-15-13-23-25(24(29)17-20-16-21(28)12-14-27(20,23)2)22(26)11-10-19(26)9-8-18-6-4-3-5-7-18/h3-7,10,20,22-25,29H,11-17H2,1-2H3. The molecule has 2 heteroatoms. The van der Waals surface area contributed by atoms with Crippen molar-refractivity contribution < 1.29 is 9.90 Å². The van der Waals surface area contributed by atoms with Crippen molar-refractivity contribution in [1.29, 1.82) is 0 Å². The van der Waals surface area contributed by atoms with Crippen molar-refractivity contribution in [3.63, 3.8) is 0 Å². The van der Waals surface area contributed by atoms with Crippen LogP contribution in [0.25, 0.3) is 0 Å². The predicted octanol–water partition coefficient (Wildman–Crippen LogP) is 5.16. The molecule has 5 rings (SSSR count). The number of carbonyl (C=O) groups excluding carboxylic acids is 1. The molecule has 0 heterocycles. The Morgan fingerprint density at radius 2 is 1.86 bits per heavy atom. The first kappa shape index (κ1) is 19.1. The lowest BCUT2D eigenvalue weighted by Gasteiger charge is -2.61. The number of aliphatic hydroxyl groups excluding tert-OH is 1. The Bertz CT molecular complexity index is 903. The number of hydrogen-bond donors (Lipinski definition) is 1. The molecule has 0 bridgehead atoms. The molecule has 0 aliphatic heterocycles. The summed E-state index contributed by atoms with van der Waals surface area (Å²) in [6.07, 6.45) is 8.66. The van der Waals surface area contributed by atoms with Crippen LogP contribution in [0.1, 0.15) is 64.4 Å². The van der Waals surface area contributed by atoms with Crippen LogP contribution in [0.5, 0.6) is 0 Å². The van der Waals surface area contributed by atoms with Crippen LogP contribution in [0.3, 0.4) is 0 Å². The van der Waals surface area contributed by atoms with Crippen molar-refractivity contribution in [3.8, 4) is 11.8 Å². The number of allylic oxidation sites excluding steroid dienone is 2. The Labute approximate surface area is 174 Å². The van der Waals surface area contributed by atoms with Gasteiger partial charge in [-0.15, -0.1) is 0 Å². The summed E-state index contributed by atoms with van der Waals surface area (Å²) in [5, 5.41) is 11.2. The molecule has 1 aromatic carbocycles. The Kier molecular flexibility index (Phi) is 4.52. The second kappa shape index (κ2) is 6.85. The maximum Gasteiger partial charge on any atom is 0.133 e. The summed E-state index contributed by atoms with van der Waals surface area (Å²) in [7, 11) is 0. The van der Waals surface area contributed by atoms with Gasteiger partial charge in [-0.1, -0.05) is 50.0 Å². The van der Waals surface area contributed by atoms with Gasteiger partial charge in [0.1, 0.15) is 5.78 Å². The fourth-order valence-corrected chi connectivity index (χ4v) is 7.44. The van der Waals surface area contributed by atoms with Gasteiger partial charge in [0.25, 0.3) is 0 Å². The second-order valence-corrected chi connectivity index (χ2v) is 10.5. The number of rotatable bonds is 0. The second-order valence-electron chi connectivity index (χ2n) is 10.5. The van der Waals surface area contributed by atoms with Crippen molar-refractivity contribution in [1.82, 2.24) is 0 Å². The summed E-state index contributed by atoms with van der Waals surface area (Å²) in [4.78, 5) is 12.1. The monoisotopic (exact) mass is 388 g/mol. The highest BCUT2D eigenvalue weighted by Crippen LogP contribution is 2.65. The van der Waals surface area contributed by atoms with Crippen molar-refractivity contribution in [2.24, 2.45) is 34.5 Å². The van der Waals surface area contributed by atoms with Crippen LogP contribution >= 0.6 is 0 Å².